The maximum Gasteiger partial charge on any atom is 0.307 e. The molecule has 1 aliphatic heterocycles. The smallest absolute Gasteiger partial charge is 0.307 e. The maximum atomic E-state index is 15.4. The Kier molecular flexibility index (Phi) is 8.39. The summed E-state index contributed by atoms with van der Waals surface area (Å²) in [5.41, 5.74) is 9.07. The number of nitrogens with one attached hydrogen (secondary N) is 1. The third kappa shape index (κ3) is 6.38. The third-order valence-electron chi connectivity index (χ3n) is 7.93. The Morgan fingerprint density at radius 2 is 1.80 bits per heavy atom. The molecule has 0 radical (unpaired) electrons. The van der Waals surface area contributed by atoms with Crippen molar-refractivity contribution in [2.45, 2.75) is 59.5 Å². The molecule has 2 aromatic heterocycles. The topological polar surface area (TPSA) is 108 Å². The molecule has 0 bridgehead atoms. The lowest BCUT2D eigenvalue weighted by Gasteiger charge is -2.23. The number of H-pyrrole nitrogens is 1. The Hall–Kier alpha value is -4.60. The number of ether oxygens (including phenoxy) is 1. The zero-order chi connectivity index (χ0) is 32.7. The number of nitrogens with zero attached hydrogens (tertiary/aromatic N) is 2. The second-order valence-electron chi connectivity index (χ2n) is 12.7. The van der Waals surface area contributed by atoms with Gasteiger partial charge in [0.1, 0.15) is 5.01 Å². The van der Waals surface area contributed by atoms with Crippen LogP contribution in [0.1, 0.15) is 49.4 Å². The summed E-state index contributed by atoms with van der Waals surface area (Å²) in [5.74, 6) is -1.03. The van der Waals surface area contributed by atoms with Crippen molar-refractivity contribution in [3.63, 3.8) is 0 Å². The first-order valence-electron chi connectivity index (χ1n) is 15.2. The lowest BCUT2D eigenvalue weighted by atomic mass is 9.87. The Morgan fingerprint density at radius 3 is 2.57 bits per heavy atom. The molecule has 0 aliphatic carbocycles. The molecule has 1 aliphatic rings. The Labute approximate surface area is 270 Å². The van der Waals surface area contributed by atoms with E-state index < -0.39 is 17.4 Å². The number of benzene rings is 4. The SMILES string of the molecule is CC(C)(C)O.Cc1cc2nc(-c3cccc(-c4ccc5[nH]ncc5c4)c3)sc2c(-c2cc(F)c3c(c2C)CCCO3)c1CC(=O)O. The fourth-order valence-corrected chi connectivity index (χ4v) is 7.02. The van der Waals surface area contributed by atoms with Gasteiger partial charge in [-0.05, 0) is 111 Å². The Morgan fingerprint density at radius 1 is 1.07 bits per heavy atom. The molecule has 3 N–H and O–H groups in total. The van der Waals surface area contributed by atoms with Crippen LogP contribution in [0.25, 0.3) is 53.9 Å². The highest BCUT2D eigenvalue weighted by Crippen LogP contribution is 2.45. The second-order valence-corrected chi connectivity index (χ2v) is 13.7. The van der Waals surface area contributed by atoms with E-state index in [-0.39, 0.29) is 6.42 Å². The van der Waals surface area contributed by atoms with Crippen molar-refractivity contribution in [2.24, 2.45) is 0 Å². The number of aryl methyl sites for hydroxylation is 1. The van der Waals surface area contributed by atoms with Crippen LogP contribution in [0.2, 0.25) is 0 Å². The average Bonchev–Trinajstić information content (AvgIpc) is 3.65. The zero-order valence-electron chi connectivity index (χ0n) is 26.5. The van der Waals surface area contributed by atoms with Gasteiger partial charge < -0.3 is 14.9 Å². The molecular weight excluding hydrogens is 601 g/mol. The molecule has 46 heavy (non-hydrogen) atoms. The average molecular weight is 638 g/mol. The van der Waals surface area contributed by atoms with Crippen molar-refractivity contribution in [3.05, 3.63) is 88.9 Å². The number of aromatic nitrogens is 3. The summed E-state index contributed by atoms with van der Waals surface area (Å²) in [6.45, 7) is 9.60. The largest absolute Gasteiger partial charge is 0.490 e. The van der Waals surface area contributed by atoms with Crippen molar-refractivity contribution < 1.29 is 24.1 Å². The number of hydrogen-bond acceptors (Lipinski definition) is 6. The van der Waals surface area contributed by atoms with Crippen LogP contribution < -0.4 is 4.74 Å². The summed E-state index contributed by atoms with van der Waals surface area (Å²) >= 11 is 1.51. The van der Waals surface area contributed by atoms with Crippen molar-refractivity contribution in [1.82, 2.24) is 15.2 Å². The lowest BCUT2D eigenvalue weighted by Crippen LogP contribution is -2.13. The van der Waals surface area contributed by atoms with Crippen LogP contribution in [0.15, 0.2) is 60.8 Å². The van der Waals surface area contributed by atoms with Gasteiger partial charge in [0.25, 0.3) is 0 Å². The number of carboxylic acids is 1. The van der Waals surface area contributed by atoms with E-state index in [9.17, 15) is 9.90 Å². The molecule has 3 heterocycles. The van der Waals surface area contributed by atoms with E-state index in [1.54, 1.807) is 20.8 Å². The molecule has 7 nitrogen and oxygen atoms in total. The van der Waals surface area contributed by atoms with Crippen LogP contribution in [0.3, 0.4) is 0 Å². The first-order chi connectivity index (χ1) is 21.9. The van der Waals surface area contributed by atoms with Gasteiger partial charge in [-0.2, -0.15) is 5.10 Å². The van der Waals surface area contributed by atoms with Gasteiger partial charge in [-0.1, -0.05) is 24.3 Å². The number of fused-ring (bicyclic) bond motifs is 3. The second kappa shape index (κ2) is 12.3. The fourth-order valence-electron chi connectivity index (χ4n) is 5.89. The monoisotopic (exact) mass is 637 g/mol. The minimum absolute atomic E-state index is 0.162. The number of carbonyl (C=O) groups is 1. The van der Waals surface area contributed by atoms with E-state index in [0.717, 1.165) is 77.9 Å². The van der Waals surface area contributed by atoms with E-state index in [2.05, 4.69) is 34.5 Å². The predicted molar refractivity (Wildman–Crippen MR) is 182 cm³/mol. The van der Waals surface area contributed by atoms with E-state index in [4.69, 9.17) is 14.8 Å². The summed E-state index contributed by atoms with van der Waals surface area (Å²) in [5, 5.41) is 27.3. The van der Waals surface area contributed by atoms with Gasteiger partial charge in [0.15, 0.2) is 11.6 Å². The molecule has 9 heteroatoms. The predicted octanol–water partition coefficient (Wildman–Crippen LogP) is 8.66. The molecule has 6 aromatic rings. The van der Waals surface area contributed by atoms with Gasteiger partial charge in [-0.25, -0.2) is 9.37 Å². The van der Waals surface area contributed by atoms with Gasteiger partial charge in [-0.15, -0.1) is 11.3 Å². The number of carboxylic acid groups (broad SMARTS) is 1. The molecule has 0 fully saturated rings. The highest BCUT2D eigenvalue weighted by Gasteiger charge is 2.26. The molecule has 4 aromatic carbocycles. The van der Waals surface area contributed by atoms with Crippen molar-refractivity contribution in [2.75, 3.05) is 6.61 Å². The maximum absolute atomic E-state index is 15.4. The highest BCUT2D eigenvalue weighted by molar-refractivity contribution is 7.22. The number of aromatic amines is 1. The molecule has 0 atom stereocenters. The minimum atomic E-state index is -0.930. The Balaban J connectivity index is 0.000000692. The molecule has 236 valence electrons. The highest BCUT2D eigenvalue weighted by atomic mass is 32.1. The van der Waals surface area contributed by atoms with Crippen LogP contribution in [0.4, 0.5) is 4.39 Å². The summed E-state index contributed by atoms with van der Waals surface area (Å²) in [7, 11) is 0. The lowest BCUT2D eigenvalue weighted by molar-refractivity contribution is -0.136. The molecule has 0 saturated heterocycles. The number of aliphatic carboxylic acids is 1. The quantitative estimate of drug-likeness (QED) is 0.175. The first kappa shape index (κ1) is 31.4. The van der Waals surface area contributed by atoms with Gasteiger partial charge in [0.2, 0.25) is 0 Å². The fraction of sp³-hybridized carbons (Fsp3) is 0.270. The number of hydrogen-bond donors (Lipinski definition) is 3. The summed E-state index contributed by atoms with van der Waals surface area (Å²) in [6.07, 6.45) is 3.19. The van der Waals surface area contributed by atoms with Gasteiger partial charge in [0, 0.05) is 22.1 Å². The van der Waals surface area contributed by atoms with Crippen LogP contribution >= 0.6 is 11.3 Å². The van der Waals surface area contributed by atoms with Crippen molar-refractivity contribution in [1.29, 1.82) is 0 Å². The standard InChI is InChI=1S/C33H26FN3O3S.C4H10O/c1-17-11-28-32(30(24(17)15-29(38)39)25-14-26(34)31-23(18(25)2)7-4-10-40-31)41-33(36-28)21-6-3-5-19(12-21)20-8-9-27-22(13-20)16-35-37-27;1-4(2,3)5/h3,5-6,8-9,11-14,16H,4,7,10,15H2,1-2H3,(H,35,37)(H,38,39);5H,1-3H3. The third-order valence-corrected chi connectivity index (χ3v) is 9.07. The number of aliphatic hydroxyl groups is 1. The van der Waals surface area contributed by atoms with Crippen LogP contribution in [0, 0.1) is 19.7 Å². The van der Waals surface area contributed by atoms with Crippen molar-refractivity contribution >= 4 is 38.4 Å². The van der Waals surface area contributed by atoms with Crippen LogP contribution in [0.5, 0.6) is 5.75 Å². The minimum Gasteiger partial charge on any atom is -0.490 e. The molecule has 0 unspecified atom stereocenters. The number of rotatable bonds is 5. The van der Waals surface area contributed by atoms with Crippen LogP contribution in [-0.2, 0) is 17.6 Å². The summed E-state index contributed by atoms with van der Waals surface area (Å²) in [6, 6.07) is 17.9. The first-order valence-corrected chi connectivity index (χ1v) is 16.1. The molecule has 0 saturated carbocycles. The summed E-state index contributed by atoms with van der Waals surface area (Å²) in [4.78, 5) is 17.0. The number of thiazole rings is 1. The van der Waals surface area contributed by atoms with E-state index in [1.165, 1.54) is 17.4 Å². The van der Waals surface area contributed by atoms with Gasteiger partial charge in [0.05, 0.1) is 40.6 Å². The molecule has 0 spiro atoms. The van der Waals surface area contributed by atoms with E-state index in [0.29, 0.717) is 23.5 Å². The summed E-state index contributed by atoms with van der Waals surface area (Å²) < 4.78 is 21.9. The molecule has 7 rings (SSSR count). The van der Waals surface area contributed by atoms with Gasteiger partial charge in [-0.3, -0.25) is 9.89 Å². The van der Waals surface area contributed by atoms with Crippen molar-refractivity contribution in [3.8, 4) is 38.6 Å². The Bertz CT molecular complexity index is 2100. The van der Waals surface area contributed by atoms with E-state index >= 15 is 4.39 Å². The van der Waals surface area contributed by atoms with Crippen LogP contribution in [-0.4, -0.2) is 43.6 Å². The number of halogens is 1. The molecule has 0 amide bonds. The molecular formula is C37H36FN3O4S. The van der Waals surface area contributed by atoms with E-state index in [1.807, 2.05) is 44.3 Å². The van der Waals surface area contributed by atoms with Gasteiger partial charge >= 0.3 is 5.97 Å². The normalized spacial score (nSPS) is 12.8. The zero-order valence-corrected chi connectivity index (χ0v) is 27.3.